The Morgan fingerprint density at radius 2 is 2.20 bits per heavy atom. The molecule has 0 aromatic heterocycles. The third-order valence-corrected chi connectivity index (χ3v) is 3.89. The molecule has 0 saturated heterocycles. The summed E-state index contributed by atoms with van der Waals surface area (Å²) in [5.41, 5.74) is 2.87. The van der Waals surface area contributed by atoms with E-state index >= 15 is 0 Å². The third kappa shape index (κ3) is 1.12. The first kappa shape index (κ1) is 6.46. The summed E-state index contributed by atoms with van der Waals surface area (Å²) in [5, 5.41) is 3.41. The summed E-state index contributed by atoms with van der Waals surface area (Å²) in [6.07, 6.45) is 0. The summed E-state index contributed by atoms with van der Waals surface area (Å²) in [6.45, 7) is 0. The van der Waals surface area contributed by atoms with Crippen molar-refractivity contribution in [2.75, 3.05) is 9.87 Å². The average Bonchev–Trinajstić information content (AvgIpc) is 2.05. The topological polar surface area (TPSA) is 12.0 Å². The molecular formula is C8H9IN-. The van der Waals surface area contributed by atoms with Gasteiger partial charge in [-0.3, -0.25) is 0 Å². The molecular weight excluding hydrogens is 237 g/mol. The number of benzene rings is 1. The molecule has 2 rings (SSSR count). The van der Waals surface area contributed by atoms with Gasteiger partial charge in [-0.2, -0.15) is 0 Å². The fraction of sp³-hybridized carbons (Fsp3) is 0.250. The van der Waals surface area contributed by atoms with E-state index in [4.69, 9.17) is 0 Å². The minimum atomic E-state index is 0.415. The van der Waals surface area contributed by atoms with E-state index in [0.29, 0.717) is 21.2 Å². The predicted octanol–water partition coefficient (Wildman–Crippen LogP) is -1.34. The van der Waals surface area contributed by atoms with Gasteiger partial charge in [-0.25, -0.2) is 0 Å². The van der Waals surface area contributed by atoms with Crippen molar-refractivity contribution >= 4 is 5.69 Å². The Balaban J connectivity index is 2.41. The van der Waals surface area contributed by atoms with Crippen molar-refractivity contribution < 1.29 is 21.2 Å². The van der Waals surface area contributed by atoms with Gasteiger partial charge in [-0.1, -0.05) is 0 Å². The molecule has 0 fully saturated rings. The van der Waals surface area contributed by atoms with Crippen LogP contribution >= 0.6 is 0 Å². The van der Waals surface area contributed by atoms with E-state index in [2.05, 4.69) is 29.6 Å². The van der Waals surface area contributed by atoms with E-state index in [9.17, 15) is 0 Å². The van der Waals surface area contributed by atoms with E-state index in [-0.39, 0.29) is 0 Å². The SMILES string of the molecule is c1ccc2c(c1)C[I-]CN2. The van der Waals surface area contributed by atoms with Crippen molar-refractivity contribution in [3.63, 3.8) is 0 Å². The van der Waals surface area contributed by atoms with Crippen LogP contribution in [0.1, 0.15) is 5.56 Å². The molecule has 10 heavy (non-hydrogen) atoms. The summed E-state index contributed by atoms with van der Waals surface area (Å²) in [5.74, 6) is 0. The quantitative estimate of drug-likeness (QED) is 0.339. The van der Waals surface area contributed by atoms with Crippen molar-refractivity contribution in [3.05, 3.63) is 29.8 Å². The molecule has 0 amide bonds. The first-order chi connectivity index (χ1) is 4.97. The molecule has 0 unspecified atom stereocenters. The maximum atomic E-state index is 3.41. The van der Waals surface area contributed by atoms with Crippen LogP contribution < -0.4 is 26.5 Å². The van der Waals surface area contributed by atoms with Gasteiger partial charge in [0.05, 0.1) is 0 Å². The van der Waals surface area contributed by atoms with Crippen LogP contribution in [-0.4, -0.2) is 4.55 Å². The standard InChI is InChI=1S/C8H9IN/c1-2-4-8-7(3-1)5-9-6-10-8/h1-4,10H,5-6H2/q-1. The second-order valence-corrected chi connectivity index (χ2v) is 4.89. The Morgan fingerprint density at radius 1 is 1.30 bits per heavy atom. The number of para-hydroxylation sites is 1. The average molecular weight is 246 g/mol. The van der Waals surface area contributed by atoms with Crippen LogP contribution in [0.3, 0.4) is 0 Å². The van der Waals surface area contributed by atoms with Crippen LogP contribution in [0.4, 0.5) is 5.69 Å². The normalized spacial score (nSPS) is 16.4. The molecule has 54 valence electrons. The summed E-state index contributed by atoms with van der Waals surface area (Å²) in [6, 6.07) is 8.60. The van der Waals surface area contributed by atoms with E-state index in [0.717, 1.165) is 0 Å². The molecule has 1 aromatic rings. The molecule has 1 aromatic carbocycles. The van der Waals surface area contributed by atoms with E-state index in [1.54, 1.807) is 0 Å². The summed E-state index contributed by atoms with van der Waals surface area (Å²) in [7, 11) is 0. The van der Waals surface area contributed by atoms with Gasteiger partial charge in [0.25, 0.3) is 0 Å². The number of anilines is 1. The van der Waals surface area contributed by atoms with Crippen molar-refractivity contribution in [1.82, 2.24) is 0 Å². The molecule has 0 saturated carbocycles. The van der Waals surface area contributed by atoms with Gasteiger partial charge < -0.3 is 0 Å². The van der Waals surface area contributed by atoms with Gasteiger partial charge in [0.1, 0.15) is 0 Å². The molecule has 0 spiro atoms. The van der Waals surface area contributed by atoms with E-state index in [1.165, 1.54) is 20.2 Å². The number of halogens is 1. The van der Waals surface area contributed by atoms with Gasteiger partial charge >= 0.3 is 71.0 Å². The Kier molecular flexibility index (Phi) is 1.80. The van der Waals surface area contributed by atoms with Crippen molar-refractivity contribution in [3.8, 4) is 0 Å². The molecule has 1 N–H and O–H groups in total. The molecule has 0 radical (unpaired) electrons. The molecule has 0 atom stereocenters. The zero-order valence-corrected chi connectivity index (χ0v) is 7.76. The molecule has 1 heterocycles. The summed E-state index contributed by atoms with van der Waals surface area (Å²) in [4.78, 5) is 0. The molecule has 1 aliphatic rings. The van der Waals surface area contributed by atoms with Crippen LogP contribution in [0.15, 0.2) is 24.3 Å². The third-order valence-electron chi connectivity index (χ3n) is 1.61. The second kappa shape index (κ2) is 2.78. The van der Waals surface area contributed by atoms with Crippen molar-refractivity contribution in [2.24, 2.45) is 0 Å². The molecule has 0 bridgehead atoms. The van der Waals surface area contributed by atoms with Gasteiger partial charge in [-0.15, -0.1) is 0 Å². The number of nitrogens with one attached hydrogen (secondary N) is 1. The summed E-state index contributed by atoms with van der Waals surface area (Å²) < 4.78 is 2.60. The van der Waals surface area contributed by atoms with E-state index in [1.807, 2.05) is 0 Å². The monoisotopic (exact) mass is 246 g/mol. The van der Waals surface area contributed by atoms with Crippen LogP contribution in [-0.2, 0) is 4.43 Å². The number of fused-ring (bicyclic) bond motifs is 1. The number of hydrogen-bond donors (Lipinski definition) is 1. The van der Waals surface area contributed by atoms with Crippen molar-refractivity contribution in [2.45, 2.75) is 4.43 Å². The van der Waals surface area contributed by atoms with Gasteiger partial charge in [0.2, 0.25) is 0 Å². The van der Waals surface area contributed by atoms with Gasteiger partial charge in [-0.05, 0) is 0 Å². The van der Waals surface area contributed by atoms with Crippen LogP contribution in [0, 0.1) is 0 Å². The Labute approximate surface area is 71.1 Å². The zero-order valence-electron chi connectivity index (χ0n) is 5.60. The maximum absolute atomic E-state index is 3.41. The predicted molar refractivity (Wildman–Crippen MR) is 38.6 cm³/mol. The number of alkyl halides is 2. The zero-order chi connectivity index (χ0) is 6.81. The number of hydrogen-bond acceptors (Lipinski definition) is 1. The van der Waals surface area contributed by atoms with Crippen LogP contribution in [0.2, 0.25) is 0 Å². The molecule has 2 heteroatoms. The Morgan fingerprint density at radius 3 is 3.10 bits per heavy atom. The first-order valence-corrected chi connectivity index (χ1v) is 6.37. The van der Waals surface area contributed by atoms with Crippen molar-refractivity contribution in [1.29, 1.82) is 0 Å². The fourth-order valence-corrected chi connectivity index (χ4v) is 3.27. The minimum absolute atomic E-state index is 0.415. The Hall–Kier alpha value is -0.250. The van der Waals surface area contributed by atoms with E-state index < -0.39 is 0 Å². The van der Waals surface area contributed by atoms with Gasteiger partial charge in [0.15, 0.2) is 0 Å². The Bertz CT molecular complexity index is 209. The number of rotatable bonds is 0. The molecule has 1 aliphatic heterocycles. The second-order valence-electron chi connectivity index (χ2n) is 2.29. The molecule has 0 aliphatic carbocycles. The van der Waals surface area contributed by atoms with Gasteiger partial charge in [0, 0.05) is 0 Å². The molecule has 1 nitrogen and oxygen atoms in total. The fourth-order valence-electron chi connectivity index (χ4n) is 1.08. The van der Waals surface area contributed by atoms with Crippen LogP contribution in [0.5, 0.6) is 0 Å². The van der Waals surface area contributed by atoms with Crippen LogP contribution in [0.25, 0.3) is 0 Å². The first-order valence-electron chi connectivity index (χ1n) is 3.32. The summed E-state index contributed by atoms with van der Waals surface area (Å²) >= 11 is 0.415.